The summed E-state index contributed by atoms with van der Waals surface area (Å²) in [6, 6.07) is 22.4. The van der Waals surface area contributed by atoms with Crippen LogP contribution in [0.4, 0.5) is 5.82 Å². The van der Waals surface area contributed by atoms with E-state index in [9.17, 15) is 9.59 Å². The van der Waals surface area contributed by atoms with E-state index in [1.54, 1.807) is 65.5 Å². The topological polar surface area (TPSA) is 64.0 Å². The molecule has 0 spiro atoms. The van der Waals surface area contributed by atoms with Crippen LogP contribution in [0.3, 0.4) is 0 Å². The molecule has 0 saturated carbocycles. The molecule has 3 aromatic carbocycles. The molecular weight excluding hydrogens is 433 g/mol. The number of aromatic nitrogens is 2. The van der Waals surface area contributed by atoms with Gasteiger partial charge in [-0.05, 0) is 48.0 Å². The summed E-state index contributed by atoms with van der Waals surface area (Å²) >= 11 is 11.8. The molecule has 1 aromatic heterocycles. The number of rotatable bonds is 6. The first-order valence-electron chi connectivity index (χ1n) is 9.48. The second-order valence-electron chi connectivity index (χ2n) is 6.86. The van der Waals surface area contributed by atoms with Crippen molar-refractivity contribution in [2.24, 2.45) is 0 Å². The van der Waals surface area contributed by atoms with Crippen molar-refractivity contribution in [2.45, 2.75) is 6.54 Å². The van der Waals surface area contributed by atoms with E-state index in [1.165, 1.54) is 0 Å². The standard InChI is InChI=1S/C24H17Cl2N3O2/c25-18-9-5-16(6-10-18)15-29-14-13-22(28-29)27-24(31)21-4-2-1-3-20(21)23(30)17-7-11-19(26)12-8-17/h1-14H,15H2,(H,27,28,31). The van der Waals surface area contributed by atoms with Gasteiger partial charge >= 0.3 is 0 Å². The monoisotopic (exact) mass is 449 g/mol. The minimum Gasteiger partial charge on any atom is -0.305 e. The molecule has 0 aliphatic carbocycles. The molecule has 4 aromatic rings. The van der Waals surface area contributed by atoms with Crippen molar-refractivity contribution in [2.75, 3.05) is 5.32 Å². The van der Waals surface area contributed by atoms with Crippen molar-refractivity contribution < 1.29 is 9.59 Å². The van der Waals surface area contributed by atoms with E-state index in [0.29, 0.717) is 33.5 Å². The summed E-state index contributed by atoms with van der Waals surface area (Å²) in [4.78, 5) is 25.8. The van der Waals surface area contributed by atoms with E-state index >= 15 is 0 Å². The van der Waals surface area contributed by atoms with Crippen LogP contribution in [0.5, 0.6) is 0 Å². The van der Waals surface area contributed by atoms with Crippen molar-refractivity contribution in [3.8, 4) is 0 Å². The highest BCUT2D eigenvalue weighted by atomic mass is 35.5. The van der Waals surface area contributed by atoms with Gasteiger partial charge < -0.3 is 5.32 Å². The predicted octanol–water partition coefficient (Wildman–Crippen LogP) is 5.72. The van der Waals surface area contributed by atoms with Crippen molar-refractivity contribution in [1.29, 1.82) is 0 Å². The number of anilines is 1. The van der Waals surface area contributed by atoms with Crippen LogP contribution in [0, 0.1) is 0 Å². The molecule has 0 unspecified atom stereocenters. The zero-order valence-corrected chi connectivity index (χ0v) is 17.8. The second kappa shape index (κ2) is 9.16. The van der Waals surface area contributed by atoms with Crippen LogP contribution in [0.1, 0.15) is 31.8 Å². The lowest BCUT2D eigenvalue weighted by Gasteiger charge is -2.09. The van der Waals surface area contributed by atoms with Crippen LogP contribution in [0.15, 0.2) is 85.1 Å². The molecule has 31 heavy (non-hydrogen) atoms. The molecule has 0 aliphatic heterocycles. The van der Waals surface area contributed by atoms with Gasteiger partial charge in [0, 0.05) is 33.4 Å². The van der Waals surface area contributed by atoms with Crippen LogP contribution < -0.4 is 5.32 Å². The fourth-order valence-corrected chi connectivity index (χ4v) is 3.36. The lowest BCUT2D eigenvalue weighted by atomic mass is 9.98. The van der Waals surface area contributed by atoms with Gasteiger partial charge in [-0.25, -0.2) is 0 Å². The summed E-state index contributed by atoms with van der Waals surface area (Å²) in [5, 5.41) is 8.36. The SMILES string of the molecule is O=C(Nc1ccn(Cc2ccc(Cl)cc2)n1)c1ccccc1C(=O)c1ccc(Cl)cc1. The highest BCUT2D eigenvalue weighted by molar-refractivity contribution is 6.31. The Balaban J connectivity index is 1.50. The number of nitrogens with zero attached hydrogens (tertiary/aromatic N) is 2. The number of hydrogen-bond donors (Lipinski definition) is 1. The molecule has 0 fully saturated rings. The zero-order chi connectivity index (χ0) is 21.8. The Morgan fingerprint density at radius 1 is 0.806 bits per heavy atom. The number of halogens is 2. The van der Waals surface area contributed by atoms with Crippen LogP contribution in [0.25, 0.3) is 0 Å². The molecule has 4 rings (SSSR count). The summed E-state index contributed by atoms with van der Waals surface area (Å²) < 4.78 is 1.71. The Morgan fingerprint density at radius 3 is 2.10 bits per heavy atom. The lowest BCUT2D eigenvalue weighted by molar-refractivity contribution is 0.0996. The van der Waals surface area contributed by atoms with E-state index in [1.807, 2.05) is 24.3 Å². The molecule has 0 saturated heterocycles. The third-order valence-electron chi connectivity index (χ3n) is 4.66. The molecule has 5 nitrogen and oxygen atoms in total. The average molecular weight is 450 g/mol. The first-order valence-corrected chi connectivity index (χ1v) is 10.2. The molecule has 0 bridgehead atoms. The number of carbonyl (C=O) groups excluding carboxylic acids is 2. The molecule has 1 heterocycles. The van der Waals surface area contributed by atoms with Gasteiger partial charge in [0.25, 0.3) is 5.91 Å². The smallest absolute Gasteiger partial charge is 0.257 e. The molecule has 0 atom stereocenters. The molecule has 7 heteroatoms. The van der Waals surface area contributed by atoms with E-state index in [2.05, 4.69) is 10.4 Å². The van der Waals surface area contributed by atoms with Crippen molar-refractivity contribution in [3.05, 3.63) is 117 Å². The molecule has 0 aliphatic rings. The maximum atomic E-state index is 12.9. The van der Waals surface area contributed by atoms with Crippen molar-refractivity contribution in [1.82, 2.24) is 9.78 Å². The summed E-state index contributed by atoms with van der Waals surface area (Å²) in [6.45, 7) is 0.540. The number of amides is 1. The Hall–Kier alpha value is -3.41. The van der Waals surface area contributed by atoms with Crippen molar-refractivity contribution >= 4 is 40.7 Å². The van der Waals surface area contributed by atoms with Crippen LogP contribution in [-0.2, 0) is 6.54 Å². The van der Waals surface area contributed by atoms with Gasteiger partial charge in [-0.15, -0.1) is 0 Å². The van der Waals surface area contributed by atoms with Gasteiger partial charge in [0.05, 0.1) is 12.1 Å². The number of nitrogens with one attached hydrogen (secondary N) is 1. The van der Waals surface area contributed by atoms with Gasteiger partial charge in [0.15, 0.2) is 11.6 Å². The highest BCUT2D eigenvalue weighted by Gasteiger charge is 2.18. The first-order chi connectivity index (χ1) is 15.0. The van der Waals surface area contributed by atoms with E-state index < -0.39 is 5.91 Å². The summed E-state index contributed by atoms with van der Waals surface area (Å²) in [5.74, 6) is -0.266. The third-order valence-corrected chi connectivity index (χ3v) is 5.17. The zero-order valence-electron chi connectivity index (χ0n) is 16.3. The van der Waals surface area contributed by atoms with E-state index in [-0.39, 0.29) is 11.3 Å². The molecule has 1 amide bonds. The van der Waals surface area contributed by atoms with Gasteiger partial charge in [-0.1, -0.05) is 53.5 Å². The van der Waals surface area contributed by atoms with Gasteiger partial charge in [0.2, 0.25) is 0 Å². The van der Waals surface area contributed by atoms with Crippen LogP contribution in [-0.4, -0.2) is 21.5 Å². The fraction of sp³-hybridized carbons (Fsp3) is 0.0417. The Labute approximate surface area is 189 Å². The summed E-state index contributed by atoms with van der Waals surface area (Å²) in [7, 11) is 0. The summed E-state index contributed by atoms with van der Waals surface area (Å²) in [6.07, 6.45) is 1.77. The minimum atomic E-state index is -0.408. The quantitative estimate of drug-likeness (QED) is 0.382. The fourth-order valence-electron chi connectivity index (χ4n) is 3.11. The van der Waals surface area contributed by atoms with E-state index in [0.717, 1.165) is 5.56 Å². The molecule has 1 N–H and O–H groups in total. The number of carbonyl (C=O) groups is 2. The Morgan fingerprint density at radius 2 is 1.42 bits per heavy atom. The second-order valence-corrected chi connectivity index (χ2v) is 7.73. The Kier molecular flexibility index (Phi) is 6.16. The predicted molar refractivity (Wildman–Crippen MR) is 122 cm³/mol. The first kappa shape index (κ1) is 20.8. The third kappa shape index (κ3) is 5.02. The number of benzene rings is 3. The summed E-state index contributed by atoms with van der Waals surface area (Å²) in [5.41, 5.74) is 2.07. The maximum absolute atomic E-state index is 12.9. The molecular formula is C24H17Cl2N3O2. The Bertz CT molecular complexity index is 1230. The van der Waals surface area contributed by atoms with Crippen LogP contribution in [0.2, 0.25) is 10.0 Å². The van der Waals surface area contributed by atoms with Gasteiger partial charge in [-0.3, -0.25) is 14.3 Å². The number of hydrogen-bond acceptors (Lipinski definition) is 3. The normalized spacial score (nSPS) is 10.6. The van der Waals surface area contributed by atoms with E-state index in [4.69, 9.17) is 23.2 Å². The molecule has 154 valence electrons. The van der Waals surface area contributed by atoms with Crippen LogP contribution >= 0.6 is 23.2 Å². The highest BCUT2D eigenvalue weighted by Crippen LogP contribution is 2.18. The van der Waals surface area contributed by atoms with Gasteiger partial charge in [-0.2, -0.15) is 5.10 Å². The largest absolute Gasteiger partial charge is 0.305 e. The minimum absolute atomic E-state index is 0.254. The lowest BCUT2D eigenvalue weighted by Crippen LogP contribution is -2.17. The van der Waals surface area contributed by atoms with Crippen molar-refractivity contribution in [3.63, 3.8) is 0 Å². The average Bonchev–Trinajstić information content (AvgIpc) is 3.22. The maximum Gasteiger partial charge on any atom is 0.257 e. The molecule has 0 radical (unpaired) electrons. The van der Waals surface area contributed by atoms with Gasteiger partial charge in [0.1, 0.15) is 0 Å². The number of ketones is 1.